The van der Waals surface area contributed by atoms with Crippen LogP contribution in [0.3, 0.4) is 0 Å². The first-order chi connectivity index (χ1) is 27.7. The maximum absolute atomic E-state index is 2.44. The molecule has 2 heterocycles. The van der Waals surface area contributed by atoms with E-state index in [0.29, 0.717) is 0 Å². The third-order valence-corrected chi connectivity index (χ3v) is 12.4. The summed E-state index contributed by atoms with van der Waals surface area (Å²) in [5.41, 5.74) is 17.7. The molecule has 2 aromatic heterocycles. The fourth-order valence-electron chi connectivity index (χ4n) is 9.70. The Labute approximate surface area is 325 Å². The molecule has 1 aliphatic carbocycles. The van der Waals surface area contributed by atoms with E-state index >= 15 is 0 Å². The molecule has 0 fully saturated rings. The molecule has 0 saturated carbocycles. The van der Waals surface area contributed by atoms with Crippen LogP contribution >= 0.6 is 0 Å². The Morgan fingerprint density at radius 3 is 1.73 bits per heavy atom. The van der Waals surface area contributed by atoms with Gasteiger partial charge in [-0.25, -0.2) is 0 Å². The van der Waals surface area contributed by atoms with Gasteiger partial charge < -0.3 is 9.13 Å². The minimum absolute atomic E-state index is 0.245. The summed E-state index contributed by atoms with van der Waals surface area (Å²) in [5, 5.41) is 7.63. The predicted octanol–water partition coefficient (Wildman–Crippen LogP) is 14.1. The number of benzene rings is 9. The summed E-state index contributed by atoms with van der Waals surface area (Å²) in [5.74, 6) is 0.245. The van der Waals surface area contributed by atoms with Crippen LogP contribution in [0.25, 0.3) is 93.5 Å². The van der Waals surface area contributed by atoms with E-state index in [1.54, 1.807) is 0 Å². The molecule has 1 aliphatic rings. The largest absolute Gasteiger partial charge is 0.344 e. The lowest BCUT2D eigenvalue weighted by atomic mass is 9.89. The van der Waals surface area contributed by atoms with Gasteiger partial charge in [0.25, 0.3) is 0 Å². The van der Waals surface area contributed by atoms with E-state index in [9.17, 15) is 0 Å². The van der Waals surface area contributed by atoms with E-state index in [1.807, 2.05) is 0 Å². The zero-order chi connectivity index (χ0) is 36.9. The van der Waals surface area contributed by atoms with Crippen LogP contribution in [0.2, 0.25) is 0 Å². The molecule has 262 valence electrons. The molecule has 2 nitrogen and oxygen atoms in total. The number of aromatic nitrogens is 2. The van der Waals surface area contributed by atoms with Crippen molar-refractivity contribution in [3.63, 3.8) is 0 Å². The average Bonchev–Trinajstić information content (AvgIpc) is 3.87. The molecule has 0 saturated heterocycles. The lowest BCUT2D eigenvalue weighted by Gasteiger charge is -2.14. The highest BCUT2D eigenvalue weighted by Gasteiger charge is 2.30. The molecule has 1 atom stereocenters. The number of nitrogens with zero attached hydrogens (tertiary/aromatic N) is 2. The standard InChI is InChI=1S/C54H36N2/c1-55-50-26-22-38(31-48(50)49-29-35-14-8-9-15-36(35)32-52(49)55)39-23-27-51-47(30-39)43-24-20-40(33-53(43)56(51)41-16-6-3-7-17-41)37-21-25-45-46(28-37)42-18-10-11-19-44(42)54(45)34-12-4-2-5-13-34/h2-33,54H,1H3. The number of rotatable bonds is 4. The summed E-state index contributed by atoms with van der Waals surface area (Å²) in [7, 11) is 2.18. The van der Waals surface area contributed by atoms with Gasteiger partial charge in [0.2, 0.25) is 0 Å². The number of aryl methyl sites for hydroxylation is 1. The maximum Gasteiger partial charge on any atom is 0.0547 e. The van der Waals surface area contributed by atoms with Crippen LogP contribution < -0.4 is 0 Å². The van der Waals surface area contributed by atoms with E-state index in [-0.39, 0.29) is 5.92 Å². The predicted molar refractivity (Wildman–Crippen MR) is 236 cm³/mol. The van der Waals surface area contributed by atoms with E-state index in [0.717, 1.165) is 5.69 Å². The number of hydrogen-bond donors (Lipinski definition) is 0. The molecule has 56 heavy (non-hydrogen) atoms. The zero-order valence-corrected chi connectivity index (χ0v) is 30.9. The number of fused-ring (bicyclic) bond motifs is 10. The number of hydrogen-bond acceptors (Lipinski definition) is 0. The maximum atomic E-state index is 2.44. The molecule has 11 aromatic rings. The van der Waals surface area contributed by atoms with Crippen LogP contribution in [0.5, 0.6) is 0 Å². The van der Waals surface area contributed by atoms with Gasteiger partial charge in [-0.2, -0.15) is 0 Å². The van der Waals surface area contributed by atoms with Crippen molar-refractivity contribution < 1.29 is 0 Å². The summed E-state index contributed by atoms with van der Waals surface area (Å²) in [6.45, 7) is 0. The van der Waals surface area contributed by atoms with Crippen molar-refractivity contribution in [3.8, 4) is 39.1 Å². The lowest BCUT2D eigenvalue weighted by molar-refractivity contribution is 1.02. The second kappa shape index (κ2) is 11.9. The topological polar surface area (TPSA) is 9.86 Å². The Bertz CT molecular complexity index is 3360. The molecule has 0 bridgehead atoms. The molecule has 0 amide bonds. The third-order valence-electron chi connectivity index (χ3n) is 12.4. The van der Waals surface area contributed by atoms with Gasteiger partial charge in [-0.05, 0) is 122 Å². The molecule has 2 heteroatoms. The van der Waals surface area contributed by atoms with Gasteiger partial charge in [-0.1, -0.05) is 133 Å². The molecule has 1 unspecified atom stereocenters. The molecular formula is C54H36N2. The summed E-state index contributed by atoms with van der Waals surface area (Å²) in [6.07, 6.45) is 0. The zero-order valence-electron chi connectivity index (χ0n) is 30.9. The highest BCUT2D eigenvalue weighted by Crippen LogP contribution is 2.49. The van der Waals surface area contributed by atoms with Crippen LogP contribution in [-0.4, -0.2) is 9.13 Å². The third kappa shape index (κ3) is 4.56. The first kappa shape index (κ1) is 31.2. The van der Waals surface area contributed by atoms with Gasteiger partial charge in [0.1, 0.15) is 0 Å². The van der Waals surface area contributed by atoms with Gasteiger partial charge in [-0.3, -0.25) is 0 Å². The fraction of sp³-hybridized carbons (Fsp3) is 0.0370. The molecule has 9 aromatic carbocycles. The average molecular weight is 713 g/mol. The van der Waals surface area contributed by atoms with Crippen LogP contribution in [0.1, 0.15) is 22.6 Å². The number of para-hydroxylation sites is 1. The molecule has 0 aliphatic heterocycles. The van der Waals surface area contributed by atoms with E-state index < -0.39 is 0 Å². The van der Waals surface area contributed by atoms with Crippen LogP contribution in [0, 0.1) is 0 Å². The summed E-state index contributed by atoms with van der Waals surface area (Å²) in [6, 6.07) is 72.1. The monoisotopic (exact) mass is 712 g/mol. The first-order valence-electron chi connectivity index (χ1n) is 19.5. The van der Waals surface area contributed by atoms with Crippen molar-refractivity contribution in [1.29, 1.82) is 0 Å². The minimum atomic E-state index is 0.245. The van der Waals surface area contributed by atoms with Crippen molar-refractivity contribution in [2.24, 2.45) is 7.05 Å². The Hall–Kier alpha value is -7.16. The van der Waals surface area contributed by atoms with Crippen LogP contribution in [0.4, 0.5) is 0 Å². The van der Waals surface area contributed by atoms with E-state index in [2.05, 4.69) is 210 Å². The molecule has 0 radical (unpaired) electrons. The van der Waals surface area contributed by atoms with Gasteiger partial charge in [0, 0.05) is 51.2 Å². The van der Waals surface area contributed by atoms with Crippen molar-refractivity contribution in [1.82, 2.24) is 9.13 Å². The fourth-order valence-corrected chi connectivity index (χ4v) is 9.70. The molecular weight excluding hydrogens is 677 g/mol. The molecule has 12 rings (SSSR count). The van der Waals surface area contributed by atoms with E-state index in [1.165, 1.54) is 104 Å². The minimum Gasteiger partial charge on any atom is -0.344 e. The highest BCUT2D eigenvalue weighted by molar-refractivity contribution is 6.15. The van der Waals surface area contributed by atoms with Crippen LogP contribution in [0.15, 0.2) is 194 Å². The highest BCUT2D eigenvalue weighted by atomic mass is 15.0. The quantitative estimate of drug-likeness (QED) is 0.172. The van der Waals surface area contributed by atoms with Gasteiger partial charge in [0.05, 0.1) is 11.0 Å². The van der Waals surface area contributed by atoms with E-state index in [4.69, 9.17) is 0 Å². The van der Waals surface area contributed by atoms with Gasteiger partial charge in [-0.15, -0.1) is 0 Å². The second-order valence-corrected chi connectivity index (χ2v) is 15.4. The molecule has 0 spiro atoms. The normalized spacial score (nSPS) is 13.6. The van der Waals surface area contributed by atoms with Crippen molar-refractivity contribution in [3.05, 3.63) is 211 Å². The summed E-state index contributed by atoms with van der Waals surface area (Å²) in [4.78, 5) is 0. The lowest BCUT2D eigenvalue weighted by Crippen LogP contribution is -1.98. The Kier molecular flexibility index (Phi) is 6.64. The Morgan fingerprint density at radius 1 is 0.357 bits per heavy atom. The molecule has 0 N–H and O–H groups in total. The Balaban J connectivity index is 1.02. The van der Waals surface area contributed by atoms with Crippen molar-refractivity contribution in [2.75, 3.05) is 0 Å². The summed E-state index contributed by atoms with van der Waals surface area (Å²) >= 11 is 0. The Morgan fingerprint density at radius 2 is 0.929 bits per heavy atom. The van der Waals surface area contributed by atoms with Gasteiger partial charge >= 0.3 is 0 Å². The van der Waals surface area contributed by atoms with Gasteiger partial charge in [0.15, 0.2) is 0 Å². The first-order valence-corrected chi connectivity index (χ1v) is 19.5. The smallest absolute Gasteiger partial charge is 0.0547 e. The summed E-state index contributed by atoms with van der Waals surface area (Å²) < 4.78 is 4.77. The van der Waals surface area contributed by atoms with Crippen molar-refractivity contribution in [2.45, 2.75) is 5.92 Å². The van der Waals surface area contributed by atoms with Crippen molar-refractivity contribution >= 4 is 54.4 Å². The van der Waals surface area contributed by atoms with Crippen LogP contribution in [-0.2, 0) is 7.05 Å². The second-order valence-electron chi connectivity index (χ2n) is 15.4. The SMILES string of the molecule is Cn1c2ccc(-c3ccc4c(c3)c3ccc(-c5ccc6c(c5)-c5ccccc5C6c5ccccc5)cc3n4-c3ccccc3)cc2c2cc3ccccc3cc21.